The summed E-state index contributed by atoms with van der Waals surface area (Å²) in [6.45, 7) is 39.4. The van der Waals surface area contributed by atoms with Crippen LogP contribution in [0.1, 0.15) is 59.1 Å². The first kappa shape index (κ1) is 104. The van der Waals surface area contributed by atoms with Crippen molar-refractivity contribution in [2.45, 2.75) is 48.0 Å². The molecule has 0 saturated heterocycles. The van der Waals surface area contributed by atoms with E-state index in [1.807, 2.05) is 43.3 Å². The average Bonchev–Trinajstić information content (AvgIpc) is 3.46. The molecule has 0 atom stereocenters. The number of hydrogen-bond donors (Lipinski definition) is 19. The molecule has 1 rings (SSSR count). The summed E-state index contributed by atoms with van der Waals surface area (Å²) in [5.41, 5.74) is 1.38. The number of aliphatic carboxylic acids is 8. The van der Waals surface area contributed by atoms with Crippen LogP contribution >= 0.6 is 0 Å². The second kappa shape index (κ2) is 77.0. The minimum Gasteiger partial charge on any atom is -0.478 e. The topological polar surface area (TPSA) is 530 Å². The first-order chi connectivity index (χ1) is 38.7. The van der Waals surface area contributed by atoms with E-state index in [0.717, 1.165) is 29.4 Å². The molecule has 28 heteroatoms. The Balaban J connectivity index is -0.0000000674. The Bertz CT molecular complexity index is 1680. The third-order valence-corrected chi connectivity index (χ3v) is 7.45. The van der Waals surface area contributed by atoms with Gasteiger partial charge in [-0.2, -0.15) is 0 Å². The summed E-state index contributed by atoms with van der Waals surface area (Å²) in [5, 5.41) is 154. The minimum atomic E-state index is -1.11. The zero-order valence-electron chi connectivity index (χ0n) is 48.8. The monoisotopic (exact) mass is 1210 g/mol. The fourth-order valence-electron chi connectivity index (χ4n) is 1.90. The number of aliphatic hydroxyl groups is 11. The van der Waals surface area contributed by atoms with Gasteiger partial charge in [-0.05, 0) is 52.2 Å². The second-order valence-electron chi connectivity index (χ2n) is 15.1. The molecule has 0 bridgehead atoms. The summed E-state index contributed by atoms with van der Waals surface area (Å²) in [7, 11) is 0. The SMILES string of the molecule is C=C(C)C(=O)O.C=C(C)C(=O)O.C=C(C)C(=O)O.C=C(C)C(=O)O.C=C(C)C(=O)O.C=CC(=O)O.C=CC(=O)O.C=CC(=O)O.C=Cc1ccccc1C=C.CCC(CO)(CO)CO.OCC(CO)(CO)CO.OCCO.OCCOCCO. The van der Waals surface area contributed by atoms with Crippen LogP contribution in [-0.4, -0.2) is 231 Å². The van der Waals surface area contributed by atoms with Crippen molar-refractivity contribution in [3.05, 3.63) is 147 Å². The number of hydrogen-bond acceptors (Lipinski definition) is 20. The van der Waals surface area contributed by atoms with Crippen molar-refractivity contribution in [2.75, 3.05) is 85.9 Å². The van der Waals surface area contributed by atoms with Gasteiger partial charge in [-0.1, -0.05) is 109 Å². The molecule has 0 aliphatic rings. The van der Waals surface area contributed by atoms with Gasteiger partial charge < -0.3 is 102 Å². The molecule has 19 N–H and O–H groups in total. The molecule has 486 valence electrons. The van der Waals surface area contributed by atoms with Crippen molar-refractivity contribution in [1.29, 1.82) is 0 Å². The number of rotatable bonds is 23. The van der Waals surface area contributed by atoms with Gasteiger partial charge in [0.25, 0.3) is 0 Å². The van der Waals surface area contributed by atoms with Crippen LogP contribution in [0, 0.1) is 10.8 Å². The van der Waals surface area contributed by atoms with Crippen molar-refractivity contribution >= 4 is 59.9 Å². The maximum atomic E-state index is 9.60. The Kier molecular flexibility index (Phi) is 95.6. The Labute approximate surface area is 490 Å². The van der Waals surface area contributed by atoms with Gasteiger partial charge in [-0.15, -0.1) is 0 Å². The van der Waals surface area contributed by atoms with E-state index in [4.69, 9.17) is 97.0 Å². The molecule has 0 fully saturated rings. The lowest BCUT2D eigenvalue weighted by molar-refractivity contribution is -0.133. The summed E-state index contributed by atoms with van der Waals surface area (Å²) in [6.07, 6.45) is 6.75. The molecular weight excluding hydrogens is 1120 g/mol. The number of carboxylic acid groups (broad SMARTS) is 8. The first-order valence-corrected chi connectivity index (χ1v) is 23.3. The molecule has 0 unspecified atom stereocenters. The third-order valence-electron chi connectivity index (χ3n) is 7.45. The van der Waals surface area contributed by atoms with E-state index >= 15 is 0 Å². The molecule has 0 heterocycles. The molecule has 0 saturated carbocycles. The molecule has 0 aliphatic heterocycles. The van der Waals surface area contributed by atoms with Crippen LogP contribution < -0.4 is 0 Å². The highest BCUT2D eigenvalue weighted by molar-refractivity contribution is 5.86. The lowest BCUT2D eigenvalue weighted by Gasteiger charge is -2.24. The van der Waals surface area contributed by atoms with E-state index in [2.05, 4.69) is 70.5 Å². The van der Waals surface area contributed by atoms with Gasteiger partial charge >= 0.3 is 47.8 Å². The standard InChI is InChI=1S/C10H10.C6H14O3.C5H12O4.C4H10O3.5C4H6O2.3C3H4O2.C2H6O2/c1-3-9-7-5-6-8-10(9)4-2;1-2-6(3-7,4-8)5-9;6-1-5(2-7,3-8)4-9;5-1-3-7-4-2-6;5*1-3(2)4(5)6;3*1-2-3(4)5;3-1-2-4/h3-8H,1-2H2;7-9H,2-5H2,1H3;6-9H,1-4H2;5-6H,1-4H2;5*1H2,2H3,(H,5,6);3*2H,1H2,(H,4,5);3-4H,1-2H2. The Morgan fingerprint density at radius 2 is 0.548 bits per heavy atom. The van der Waals surface area contributed by atoms with E-state index < -0.39 is 85.0 Å². The molecule has 0 aromatic heterocycles. The van der Waals surface area contributed by atoms with Gasteiger partial charge in [0.2, 0.25) is 0 Å². The molecule has 0 spiro atoms. The van der Waals surface area contributed by atoms with Gasteiger partial charge in [-0.25, -0.2) is 38.4 Å². The predicted molar refractivity (Wildman–Crippen MR) is 316 cm³/mol. The molecule has 84 heavy (non-hydrogen) atoms. The van der Waals surface area contributed by atoms with Crippen LogP contribution in [0.4, 0.5) is 0 Å². The van der Waals surface area contributed by atoms with E-state index in [0.29, 0.717) is 19.6 Å². The second-order valence-corrected chi connectivity index (χ2v) is 15.1. The molecular formula is C56H94O28. The Morgan fingerprint density at radius 3 is 0.607 bits per heavy atom. The lowest BCUT2D eigenvalue weighted by Crippen LogP contribution is -2.37. The Morgan fingerprint density at radius 1 is 0.381 bits per heavy atom. The fourth-order valence-corrected chi connectivity index (χ4v) is 1.90. The molecule has 28 nitrogen and oxygen atoms in total. The number of benzene rings is 1. The number of ether oxygens (including phenoxy) is 1. The van der Waals surface area contributed by atoms with Gasteiger partial charge in [-0.3, -0.25) is 0 Å². The summed E-state index contributed by atoms with van der Waals surface area (Å²) < 4.78 is 4.63. The van der Waals surface area contributed by atoms with Gasteiger partial charge in [0.15, 0.2) is 0 Å². The van der Waals surface area contributed by atoms with Gasteiger partial charge in [0, 0.05) is 51.5 Å². The van der Waals surface area contributed by atoms with E-state index in [9.17, 15) is 38.4 Å². The smallest absolute Gasteiger partial charge is 0.330 e. The van der Waals surface area contributed by atoms with E-state index in [1.54, 1.807) is 0 Å². The first-order valence-electron chi connectivity index (χ1n) is 23.3. The maximum Gasteiger partial charge on any atom is 0.330 e. The zero-order chi connectivity index (χ0) is 69.6. The molecule has 0 aliphatic carbocycles. The highest BCUT2D eigenvalue weighted by atomic mass is 16.5. The minimum absolute atomic E-state index is 0.0278. The van der Waals surface area contributed by atoms with Crippen LogP contribution in [0.25, 0.3) is 12.2 Å². The summed E-state index contributed by atoms with van der Waals surface area (Å²) in [6, 6.07) is 8.02. The maximum absolute atomic E-state index is 9.60. The van der Waals surface area contributed by atoms with Crippen molar-refractivity contribution < 1.29 is 140 Å². The summed E-state index contributed by atoms with van der Waals surface area (Å²) in [5.74, 6) is -7.62. The fraction of sp³-hybridized carbons (Fsp3) is 0.393. The van der Waals surface area contributed by atoms with Crippen LogP contribution in [0.2, 0.25) is 0 Å². The van der Waals surface area contributed by atoms with Crippen molar-refractivity contribution in [3.63, 3.8) is 0 Å². The average molecular weight is 1220 g/mol. The zero-order valence-corrected chi connectivity index (χ0v) is 48.8. The number of carbonyl (C=O) groups is 8. The highest BCUT2D eigenvalue weighted by Gasteiger charge is 2.26. The molecule has 1 aromatic carbocycles. The molecule has 0 amide bonds. The van der Waals surface area contributed by atoms with Crippen molar-refractivity contribution in [3.8, 4) is 0 Å². The number of carboxylic acids is 8. The van der Waals surface area contributed by atoms with E-state index in [1.165, 1.54) is 34.6 Å². The lowest BCUT2D eigenvalue weighted by atomic mass is 9.88. The molecule has 0 radical (unpaired) electrons. The van der Waals surface area contributed by atoms with Crippen LogP contribution in [-0.2, 0) is 43.1 Å². The van der Waals surface area contributed by atoms with Gasteiger partial charge in [0.05, 0.1) is 91.3 Å². The molecule has 1 aromatic rings. The van der Waals surface area contributed by atoms with E-state index in [-0.39, 0.29) is 74.1 Å². The van der Waals surface area contributed by atoms with Crippen LogP contribution in [0.15, 0.2) is 136 Å². The quantitative estimate of drug-likeness (QED) is 0.0552. The highest BCUT2D eigenvalue weighted by Crippen LogP contribution is 2.18. The predicted octanol–water partition coefficient (Wildman–Crippen LogP) is 2.24. The van der Waals surface area contributed by atoms with Crippen LogP contribution in [0.5, 0.6) is 0 Å². The Hall–Kier alpha value is -8.10. The number of aliphatic hydroxyl groups excluding tert-OH is 11. The van der Waals surface area contributed by atoms with Crippen molar-refractivity contribution in [1.82, 2.24) is 0 Å². The largest absolute Gasteiger partial charge is 0.478 e. The van der Waals surface area contributed by atoms with Gasteiger partial charge in [0.1, 0.15) is 0 Å². The third kappa shape index (κ3) is 102. The van der Waals surface area contributed by atoms with Crippen LogP contribution in [0.3, 0.4) is 0 Å². The normalized spacial score (nSPS) is 8.58. The summed E-state index contributed by atoms with van der Waals surface area (Å²) in [4.78, 5) is 75.7. The van der Waals surface area contributed by atoms with Crippen molar-refractivity contribution in [2.24, 2.45) is 10.8 Å². The summed E-state index contributed by atoms with van der Waals surface area (Å²) >= 11 is 0.